The predicted molar refractivity (Wildman–Crippen MR) is 164 cm³/mol. The van der Waals surface area contributed by atoms with Crippen LogP contribution in [-0.4, -0.2) is 68.5 Å². The highest BCUT2D eigenvalue weighted by atomic mass is 19.4. The monoisotopic (exact) mass is 670 g/mol. The number of hydrogen-bond donors (Lipinski definition) is 2. The van der Waals surface area contributed by atoms with E-state index in [-0.39, 0.29) is 24.4 Å². The first kappa shape index (κ1) is 36.1. The van der Waals surface area contributed by atoms with E-state index in [1.54, 1.807) is 13.0 Å². The molecule has 7 nitrogen and oxygen atoms in total. The van der Waals surface area contributed by atoms with Crippen LogP contribution >= 0.6 is 0 Å². The minimum Gasteiger partial charge on any atom is -0.394 e. The number of rotatable bonds is 6. The quantitative estimate of drug-likeness (QED) is 0.298. The second-order valence-electron chi connectivity index (χ2n) is 12.0. The van der Waals surface area contributed by atoms with Crippen molar-refractivity contribution in [3.63, 3.8) is 0 Å². The summed E-state index contributed by atoms with van der Waals surface area (Å²) in [6, 6.07) is 6.46. The third-order valence-corrected chi connectivity index (χ3v) is 8.29. The zero-order valence-corrected chi connectivity index (χ0v) is 26.4. The molecule has 1 atom stereocenters. The lowest BCUT2D eigenvalue weighted by Gasteiger charge is -2.35. The lowest BCUT2D eigenvalue weighted by molar-refractivity contribution is -0.143. The molecule has 0 saturated carbocycles. The van der Waals surface area contributed by atoms with Crippen LogP contribution in [0.4, 0.5) is 42.2 Å². The fourth-order valence-electron chi connectivity index (χ4n) is 5.58. The number of nitrogens with zero attached hydrogens (tertiary/aromatic N) is 3. The number of anilines is 2. The Morgan fingerprint density at radius 1 is 1.00 bits per heavy atom. The number of aromatic nitrogens is 1. The zero-order valence-electron chi connectivity index (χ0n) is 26.4. The number of aryl methyl sites for hydroxylation is 1. The lowest BCUT2D eigenvalue weighted by atomic mass is 9.81. The van der Waals surface area contributed by atoms with E-state index in [0.29, 0.717) is 73.9 Å². The number of likely N-dealkylation sites (N-methyl/N-ethyl adjacent to an activating group) is 1. The molecule has 256 valence electrons. The van der Waals surface area contributed by atoms with Crippen LogP contribution < -0.4 is 15.1 Å². The zero-order chi connectivity index (χ0) is 34.7. The van der Waals surface area contributed by atoms with Crippen molar-refractivity contribution in [1.82, 2.24) is 10.3 Å². The Kier molecular flexibility index (Phi) is 10.9. The minimum absolute atomic E-state index is 0.0155. The number of alkyl halides is 6. The van der Waals surface area contributed by atoms with Crippen LogP contribution in [0.1, 0.15) is 42.5 Å². The number of hydrogen-bond acceptors (Lipinski definition) is 6. The minimum atomic E-state index is -5.09. The van der Waals surface area contributed by atoms with Gasteiger partial charge >= 0.3 is 12.4 Å². The van der Waals surface area contributed by atoms with Crippen molar-refractivity contribution in [2.75, 3.05) is 56.3 Å². The Morgan fingerprint density at radius 3 is 2.23 bits per heavy atom. The van der Waals surface area contributed by atoms with Gasteiger partial charge in [0.1, 0.15) is 11.6 Å². The van der Waals surface area contributed by atoms with Gasteiger partial charge in [0.15, 0.2) is 0 Å². The van der Waals surface area contributed by atoms with Crippen LogP contribution in [0.25, 0.3) is 11.1 Å². The number of carbonyl (C=O) groups is 1. The highest BCUT2D eigenvalue weighted by Gasteiger charge is 2.41. The van der Waals surface area contributed by atoms with Gasteiger partial charge in [-0.1, -0.05) is 6.07 Å². The van der Waals surface area contributed by atoms with Gasteiger partial charge in [-0.05, 0) is 80.3 Å². The summed E-state index contributed by atoms with van der Waals surface area (Å²) in [7, 11) is 1.35. The topological polar surface area (TPSA) is 77.9 Å². The third-order valence-electron chi connectivity index (χ3n) is 8.29. The fraction of sp³-hybridized carbons (Fsp3) is 0.455. The van der Waals surface area contributed by atoms with Gasteiger partial charge in [0.05, 0.1) is 47.7 Å². The molecule has 0 aliphatic carbocycles. The fourth-order valence-corrected chi connectivity index (χ4v) is 5.58. The van der Waals surface area contributed by atoms with Gasteiger partial charge < -0.3 is 25.0 Å². The van der Waals surface area contributed by atoms with Crippen LogP contribution in [0, 0.1) is 12.7 Å². The SMILES string of the molecule is Cc1cc(F)ccc1-c1cc(N2CCCOCCNC[C@H]2CO)ncc1N(C)C(=O)C(C)(C)c1cc(C(F)(F)F)cc(C(F)(F)F)c1. The maximum absolute atomic E-state index is 14.2. The van der Waals surface area contributed by atoms with Gasteiger partial charge in [-0.2, -0.15) is 26.3 Å². The van der Waals surface area contributed by atoms with Crippen molar-refractivity contribution in [1.29, 1.82) is 0 Å². The summed E-state index contributed by atoms with van der Waals surface area (Å²) < 4.78 is 102. The molecule has 1 fully saturated rings. The molecule has 2 N–H and O–H groups in total. The molecule has 1 amide bonds. The van der Waals surface area contributed by atoms with Gasteiger partial charge in [-0.15, -0.1) is 0 Å². The van der Waals surface area contributed by atoms with Crippen molar-refractivity contribution in [2.24, 2.45) is 0 Å². The Balaban J connectivity index is 1.83. The van der Waals surface area contributed by atoms with Gasteiger partial charge in [0, 0.05) is 38.9 Å². The largest absolute Gasteiger partial charge is 0.416 e. The molecule has 4 rings (SSSR count). The summed E-state index contributed by atoms with van der Waals surface area (Å²) >= 11 is 0. The molecule has 1 saturated heterocycles. The molecule has 14 heteroatoms. The highest BCUT2D eigenvalue weighted by Crippen LogP contribution is 2.41. The standard InChI is InChI=1S/C33H37F7N4O3/c1-20-12-24(34)6-7-26(20)27-16-29(44-9-5-10-47-11-8-41-17-25(44)19-45)42-18-28(27)43(4)30(46)31(2,3)21-13-22(32(35,36)37)15-23(14-21)33(38,39)40/h6-7,12-16,18,25,41,45H,5,8-11,17,19H2,1-4H3/t25-/m0/s1. The third kappa shape index (κ3) is 8.22. The number of pyridine rings is 1. The molecule has 1 aliphatic rings. The summed E-state index contributed by atoms with van der Waals surface area (Å²) in [5.74, 6) is -0.879. The first-order valence-electron chi connectivity index (χ1n) is 15.0. The van der Waals surface area contributed by atoms with Crippen molar-refractivity contribution in [2.45, 2.75) is 51.0 Å². The van der Waals surface area contributed by atoms with E-state index in [4.69, 9.17) is 4.74 Å². The maximum Gasteiger partial charge on any atom is 0.416 e. The molecule has 0 radical (unpaired) electrons. The number of ether oxygens (including phenoxy) is 1. The number of aliphatic hydroxyl groups excluding tert-OH is 1. The van der Waals surface area contributed by atoms with Crippen LogP contribution in [0.15, 0.2) is 48.7 Å². The average Bonchev–Trinajstić information content (AvgIpc) is 3.01. The van der Waals surface area contributed by atoms with E-state index in [1.807, 2.05) is 4.90 Å². The van der Waals surface area contributed by atoms with Gasteiger partial charge in [-0.3, -0.25) is 4.79 Å². The van der Waals surface area contributed by atoms with E-state index < -0.39 is 46.2 Å². The van der Waals surface area contributed by atoms with Crippen LogP contribution in [0.2, 0.25) is 0 Å². The Hall–Kier alpha value is -3.75. The first-order chi connectivity index (χ1) is 21.9. The number of amides is 1. The number of carbonyl (C=O) groups excluding carboxylic acids is 1. The number of aliphatic hydroxyl groups is 1. The summed E-state index contributed by atoms with van der Waals surface area (Å²) in [6.45, 7) is 6.40. The normalized spacial score (nSPS) is 17.0. The molecule has 0 spiro atoms. The molecular weight excluding hydrogens is 633 g/mol. The second-order valence-corrected chi connectivity index (χ2v) is 12.0. The average molecular weight is 671 g/mol. The first-order valence-corrected chi connectivity index (χ1v) is 15.0. The maximum atomic E-state index is 14.2. The summed E-state index contributed by atoms with van der Waals surface area (Å²) in [4.78, 5) is 21.7. The molecule has 0 unspecified atom stereocenters. The van der Waals surface area contributed by atoms with Crippen LogP contribution in [0.3, 0.4) is 0 Å². The van der Waals surface area contributed by atoms with E-state index in [9.17, 15) is 40.6 Å². The molecular formula is C33H37F7N4O3. The van der Waals surface area contributed by atoms with Crippen molar-refractivity contribution in [3.8, 4) is 11.1 Å². The summed E-state index contributed by atoms with van der Waals surface area (Å²) in [6.07, 6.45) is -8.18. The van der Waals surface area contributed by atoms with Gasteiger partial charge in [0.25, 0.3) is 0 Å². The predicted octanol–water partition coefficient (Wildman–Crippen LogP) is 6.35. The van der Waals surface area contributed by atoms with Gasteiger partial charge in [-0.25, -0.2) is 9.37 Å². The van der Waals surface area contributed by atoms with Gasteiger partial charge in [0.2, 0.25) is 5.91 Å². The molecule has 1 aliphatic heterocycles. The van der Waals surface area contributed by atoms with Crippen molar-refractivity contribution in [3.05, 3.63) is 76.7 Å². The number of nitrogens with one attached hydrogen (secondary N) is 1. The van der Waals surface area contributed by atoms with Crippen LogP contribution in [-0.2, 0) is 27.3 Å². The second kappa shape index (κ2) is 14.2. The Morgan fingerprint density at radius 2 is 1.64 bits per heavy atom. The molecule has 47 heavy (non-hydrogen) atoms. The summed E-state index contributed by atoms with van der Waals surface area (Å²) in [5, 5.41) is 13.5. The smallest absolute Gasteiger partial charge is 0.394 e. The van der Waals surface area contributed by atoms with Crippen molar-refractivity contribution >= 4 is 17.4 Å². The molecule has 2 aromatic carbocycles. The summed E-state index contributed by atoms with van der Waals surface area (Å²) in [5.41, 5.74) is -3.78. The highest BCUT2D eigenvalue weighted by molar-refractivity contribution is 6.03. The molecule has 0 bridgehead atoms. The number of halogens is 7. The Bertz CT molecular complexity index is 1540. The molecule has 2 heterocycles. The van der Waals surface area contributed by atoms with E-state index >= 15 is 0 Å². The molecule has 1 aromatic heterocycles. The van der Waals surface area contributed by atoms with E-state index in [0.717, 1.165) is 4.90 Å². The van der Waals surface area contributed by atoms with Crippen molar-refractivity contribution < 1.29 is 45.4 Å². The Labute approximate surface area is 268 Å². The number of benzene rings is 2. The molecule has 3 aromatic rings. The lowest BCUT2D eigenvalue weighted by Crippen LogP contribution is -2.47. The van der Waals surface area contributed by atoms with E-state index in [2.05, 4.69) is 10.3 Å². The van der Waals surface area contributed by atoms with Crippen LogP contribution in [0.5, 0.6) is 0 Å². The van der Waals surface area contributed by atoms with E-state index in [1.165, 1.54) is 45.3 Å².